The maximum atomic E-state index is 13.3. The zero-order chi connectivity index (χ0) is 18.5. The molecule has 2 aromatic rings. The summed E-state index contributed by atoms with van der Waals surface area (Å²) in [5.41, 5.74) is 2.04. The fourth-order valence-electron chi connectivity index (χ4n) is 3.64. The molecule has 1 aliphatic rings. The van der Waals surface area contributed by atoms with Crippen molar-refractivity contribution in [1.29, 1.82) is 0 Å². The Kier molecular flexibility index (Phi) is 5.99. The van der Waals surface area contributed by atoms with Gasteiger partial charge in [0.2, 0.25) is 5.91 Å². The first-order chi connectivity index (χ1) is 12.6. The Hall–Kier alpha value is -2.27. The van der Waals surface area contributed by atoms with Crippen molar-refractivity contribution in [3.63, 3.8) is 0 Å². The van der Waals surface area contributed by atoms with Gasteiger partial charge in [-0.1, -0.05) is 24.3 Å². The van der Waals surface area contributed by atoms with Crippen LogP contribution in [0.15, 0.2) is 48.5 Å². The van der Waals surface area contributed by atoms with Crippen molar-refractivity contribution < 1.29 is 13.6 Å². The van der Waals surface area contributed by atoms with Gasteiger partial charge in [0, 0.05) is 25.7 Å². The van der Waals surface area contributed by atoms with Gasteiger partial charge in [-0.15, -0.1) is 0 Å². The Balaban J connectivity index is 1.81. The van der Waals surface area contributed by atoms with Gasteiger partial charge in [0.15, 0.2) is 0 Å². The van der Waals surface area contributed by atoms with Gasteiger partial charge >= 0.3 is 0 Å². The van der Waals surface area contributed by atoms with Crippen molar-refractivity contribution in [2.24, 2.45) is 5.92 Å². The molecule has 0 radical (unpaired) electrons. The number of amides is 1. The molecule has 1 heterocycles. The summed E-state index contributed by atoms with van der Waals surface area (Å²) in [6.45, 7) is 3.79. The molecule has 2 unspecified atom stereocenters. The summed E-state index contributed by atoms with van der Waals surface area (Å²) >= 11 is 0. The SMILES string of the molecule is CCNC(=O)C1CCC(c2ccc(F)cc2)N(Cc2ccc(F)cc2)C1. The molecule has 1 N–H and O–H groups in total. The molecule has 1 fully saturated rings. The van der Waals surface area contributed by atoms with E-state index in [0.717, 1.165) is 24.0 Å². The van der Waals surface area contributed by atoms with Gasteiger partial charge in [-0.25, -0.2) is 8.78 Å². The maximum Gasteiger partial charge on any atom is 0.224 e. The van der Waals surface area contributed by atoms with Crippen molar-refractivity contribution in [3.05, 3.63) is 71.3 Å². The molecular formula is C21H24F2N2O. The number of benzene rings is 2. The third-order valence-corrected chi connectivity index (χ3v) is 4.96. The number of halogens is 2. The third-order valence-electron chi connectivity index (χ3n) is 4.96. The molecule has 0 aromatic heterocycles. The summed E-state index contributed by atoms with van der Waals surface area (Å²) < 4.78 is 26.5. The maximum absolute atomic E-state index is 13.3. The third kappa shape index (κ3) is 4.47. The predicted octanol–water partition coefficient (Wildman–Crippen LogP) is 4.05. The number of carbonyl (C=O) groups excluding carboxylic acids is 1. The van der Waals surface area contributed by atoms with E-state index in [1.54, 1.807) is 12.1 Å². The van der Waals surface area contributed by atoms with Gasteiger partial charge in [0.25, 0.3) is 0 Å². The molecule has 0 saturated carbocycles. The first-order valence-corrected chi connectivity index (χ1v) is 9.08. The molecule has 2 atom stereocenters. The lowest BCUT2D eigenvalue weighted by Gasteiger charge is -2.39. The Morgan fingerprint density at radius 2 is 1.65 bits per heavy atom. The van der Waals surface area contributed by atoms with E-state index in [-0.39, 0.29) is 29.5 Å². The van der Waals surface area contributed by atoms with Crippen LogP contribution in [0.4, 0.5) is 8.78 Å². The van der Waals surface area contributed by atoms with Gasteiger partial charge in [0.1, 0.15) is 11.6 Å². The Morgan fingerprint density at radius 1 is 1.04 bits per heavy atom. The van der Waals surface area contributed by atoms with E-state index in [1.165, 1.54) is 24.3 Å². The second-order valence-corrected chi connectivity index (χ2v) is 6.79. The summed E-state index contributed by atoms with van der Waals surface area (Å²) in [5.74, 6) is -0.501. The van der Waals surface area contributed by atoms with Crippen LogP contribution in [0.3, 0.4) is 0 Å². The highest BCUT2D eigenvalue weighted by Gasteiger charge is 2.32. The van der Waals surface area contributed by atoms with Gasteiger partial charge in [-0.05, 0) is 55.2 Å². The zero-order valence-corrected chi connectivity index (χ0v) is 14.9. The number of nitrogens with one attached hydrogen (secondary N) is 1. The largest absolute Gasteiger partial charge is 0.356 e. The minimum absolute atomic E-state index is 0.0629. The molecule has 3 rings (SSSR count). The molecule has 1 saturated heterocycles. The van der Waals surface area contributed by atoms with Crippen molar-refractivity contribution in [2.45, 2.75) is 32.4 Å². The van der Waals surface area contributed by atoms with Crippen LogP contribution in [0.25, 0.3) is 0 Å². The van der Waals surface area contributed by atoms with Crippen molar-refractivity contribution in [2.75, 3.05) is 13.1 Å². The highest BCUT2D eigenvalue weighted by Crippen LogP contribution is 2.34. The van der Waals surface area contributed by atoms with E-state index < -0.39 is 0 Å². The van der Waals surface area contributed by atoms with Gasteiger partial charge < -0.3 is 5.32 Å². The summed E-state index contributed by atoms with van der Waals surface area (Å²) in [6.07, 6.45) is 1.63. The molecule has 1 amide bonds. The Bertz CT molecular complexity index is 731. The monoisotopic (exact) mass is 358 g/mol. The average molecular weight is 358 g/mol. The first kappa shape index (κ1) is 18.5. The Morgan fingerprint density at radius 3 is 2.27 bits per heavy atom. The van der Waals surface area contributed by atoms with Crippen LogP contribution in [-0.2, 0) is 11.3 Å². The molecule has 3 nitrogen and oxygen atoms in total. The van der Waals surface area contributed by atoms with E-state index in [4.69, 9.17) is 0 Å². The van der Waals surface area contributed by atoms with Crippen LogP contribution >= 0.6 is 0 Å². The van der Waals surface area contributed by atoms with Crippen LogP contribution in [0.1, 0.15) is 36.9 Å². The number of rotatable bonds is 5. The summed E-state index contributed by atoms with van der Waals surface area (Å²) in [4.78, 5) is 14.5. The van der Waals surface area contributed by atoms with Crippen LogP contribution in [0, 0.1) is 17.6 Å². The van der Waals surface area contributed by atoms with E-state index in [2.05, 4.69) is 10.2 Å². The summed E-state index contributed by atoms with van der Waals surface area (Å²) in [5, 5.41) is 2.90. The van der Waals surface area contributed by atoms with Gasteiger partial charge in [-0.3, -0.25) is 9.69 Å². The molecule has 26 heavy (non-hydrogen) atoms. The van der Waals surface area contributed by atoms with E-state index in [0.29, 0.717) is 19.6 Å². The van der Waals surface area contributed by atoms with E-state index >= 15 is 0 Å². The number of hydrogen-bond donors (Lipinski definition) is 1. The average Bonchev–Trinajstić information content (AvgIpc) is 2.65. The van der Waals surface area contributed by atoms with Crippen LogP contribution < -0.4 is 5.32 Å². The molecule has 2 aromatic carbocycles. The van der Waals surface area contributed by atoms with Crippen LogP contribution in [0.2, 0.25) is 0 Å². The van der Waals surface area contributed by atoms with E-state index in [9.17, 15) is 13.6 Å². The minimum atomic E-state index is -0.261. The number of piperidine rings is 1. The molecule has 0 bridgehead atoms. The molecule has 1 aliphatic heterocycles. The molecule has 5 heteroatoms. The number of carbonyl (C=O) groups is 1. The fourth-order valence-corrected chi connectivity index (χ4v) is 3.64. The highest BCUT2D eigenvalue weighted by atomic mass is 19.1. The van der Waals surface area contributed by atoms with Crippen molar-refractivity contribution in [3.8, 4) is 0 Å². The van der Waals surface area contributed by atoms with Crippen molar-refractivity contribution in [1.82, 2.24) is 10.2 Å². The number of nitrogens with zero attached hydrogens (tertiary/aromatic N) is 1. The standard InChI is InChI=1S/C21H24F2N2O/c1-2-24-21(26)17-7-12-20(16-5-10-19(23)11-6-16)25(14-17)13-15-3-8-18(22)9-4-15/h3-6,8-11,17,20H,2,7,12-14H2,1H3,(H,24,26). The molecular weight excluding hydrogens is 334 g/mol. The lowest BCUT2D eigenvalue weighted by Crippen LogP contribution is -2.44. The minimum Gasteiger partial charge on any atom is -0.356 e. The van der Waals surface area contributed by atoms with E-state index in [1.807, 2.05) is 19.1 Å². The normalized spacial score (nSPS) is 20.7. The molecule has 0 aliphatic carbocycles. The topological polar surface area (TPSA) is 32.3 Å². The second-order valence-electron chi connectivity index (χ2n) is 6.79. The number of likely N-dealkylation sites (tertiary alicyclic amines) is 1. The first-order valence-electron chi connectivity index (χ1n) is 9.08. The fraction of sp³-hybridized carbons (Fsp3) is 0.381. The predicted molar refractivity (Wildman–Crippen MR) is 97.4 cm³/mol. The Labute approximate surface area is 153 Å². The summed E-state index contributed by atoms with van der Waals surface area (Å²) in [6, 6.07) is 13.1. The smallest absolute Gasteiger partial charge is 0.224 e. The zero-order valence-electron chi connectivity index (χ0n) is 14.9. The number of hydrogen-bond acceptors (Lipinski definition) is 2. The van der Waals surface area contributed by atoms with Gasteiger partial charge in [0.05, 0.1) is 5.92 Å². The van der Waals surface area contributed by atoms with Gasteiger partial charge in [-0.2, -0.15) is 0 Å². The molecule has 0 spiro atoms. The lowest BCUT2D eigenvalue weighted by atomic mass is 9.88. The van der Waals surface area contributed by atoms with Crippen LogP contribution in [0.5, 0.6) is 0 Å². The molecule has 138 valence electrons. The quantitative estimate of drug-likeness (QED) is 0.874. The lowest BCUT2D eigenvalue weighted by molar-refractivity contribution is -0.127. The van der Waals surface area contributed by atoms with Crippen molar-refractivity contribution >= 4 is 5.91 Å². The van der Waals surface area contributed by atoms with Crippen LogP contribution in [-0.4, -0.2) is 23.9 Å². The highest BCUT2D eigenvalue weighted by molar-refractivity contribution is 5.78. The second kappa shape index (κ2) is 8.41. The summed E-state index contributed by atoms with van der Waals surface area (Å²) in [7, 11) is 0.